The van der Waals surface area contributed by atoms with Crippen LogP contribution in [0.4, 0.5) is 0 Å². The van der Waals surface area contributed by atoms with Crippen LogP contribution in [0.5, 0.6) is 0 Å². The Morgan fingerprint density at radius 1 is 1.03 bits per heavy atom. The van der Waals surface area contributed by atoms with Gasteiger partial charge in [0.15, 0.2) is 0 Å². The Balaban J connectivity index is 1.23. The summed E-state index contributed by atoms with van der Waals surface area (Å²) in [7, 11) is -3.46. The van der Waals surface area contributed by atoms with E-state index in [4.69, 9.17) is 5.73 Å². The van der Waals surface area contributed by atoms with Crippen molar-refractivity contribution < 1.29 is 13.2 Å². The first-order valence-electron chi connectivity index (χ1n) is 10.8. The molecule has 2 atom stereocenters. The van der Waals surface area contributed by atoms with Crippen LogP contribution in [0.1, 0.15) is 67.8 Å². The summed E-state index contributed by atoms with van der Waals surface area (Å²) in [6, 6.07) is 0.488. The number of amides is 1. The number of hydrogen-bond acceptors (Lipinski definition) is 5. The van der Waals surface area contributed by atoms with E-state index in [-0.39, 0.29) is 30.1 Å². The summed E-state index contributed by atoms with van der Waals surface area (Å²) in [4.78, 5) is 12.6. The average molecular weight is 423 g/mol. The molecule has 1 saturated carbocycles. The fraction of sp³-hybridized carbons (Fsp3) is 0.789. The molecular weight excluding hydrogens is 392 g/mol. The van der Waals surface area contributed by atoms with Crippen molar-refractivity contribution in [3.63, 3.8) is 0 Å². The molecule has 1 aromatic rings. The van der Waals surface area contributed by atoms with E-state index >= 15 is 0 Å². The van der Waals surface area contributed by atoms with Gasteiger partial charge in [0.1, 0.15) is 0 Å². The topological polar surface area (TPSA) is 114 Å². The maximum atomic E-state index is 13.2. The van der Waals surface area contributed by atoms with Gasteiger partial charge in [0, 0.05) is 43.5 Å². The first kappa shape index (κ1) is 19.5. The van der Waals surface area contributed by atoms with Gasteiger partial charge in [-0.25, -0.2) is 0 Å². The number of hydrogen-bond donors (Lipinski definition) is 2. The van der Waals surface area contributed by atoms with E-state index in [1.54, 1.807) is 14.8 Å². The third-order valence-electron chi connectivity index (χ3n) is 6.88. The minimum absolute atomic E-state index is 0.00510. The molecule has 9 nitrogen and oxygen atoms in total. The SMILES string of the molecule is NC1CCN(S(=O)(=O)N2C3CCC2CC(NC(=O)c2cnn(C4CC4)c2)C3)CC1. The van der Waals surface area contributed by atoms with Crippen molar-refractivity contribution in [3.8, 4) is 0 Å². The second-order valence-corrected chi connectivity index (χ2v) is 10.9. The monoisotopic (exact) mass is 422 g/mol. The zero-order chi connectivity index (χ0) is 20.2. The molecule has 2 bridgehead atoms. The van der Waals surface area contributed by atoms with Gasteiger partial charge in [-0.2, -0.15) is 22.1 Å². The van der Waals surface area contributed by atoms with Crippen molar-refractivity contribution >= 4 is 16.1 Å². The van der Waals surface area contributed by atoms with E-state index in [1.165, 1.54) is 0 Å². The lowest BCUT2D eigenvalue weighted by atomic mass is 9.99. The largest absolute Gasteiger partial charge is 0.349 e. The standard InChI is InChI=1S/C19H30N6O3S/c20-14-5-7-23(8-6-14)29(27,28)25-17-3-4-18(25)10-15(9-17)22-19(26)13-11-21-24(12-13)16-1-2-16/h11-12,14-18H,1-10,20H2,(H,22,26). The molecule has 160 valence electrons. The molecule has 1 amide bonds. The molecule has 4 fully saturated rings. The molecule has 10 heteroatoms. The first-order chi connectivity index (χ1) is 13.9. The molecule has 1 aliphatic carbocycles. The minimum Gasteiger partial charge on any atom is -0.349 e. The Bertz CT molecular complexity index is 860. The van der Waals surface area contributed by atoms with Crippen LogP contribution in [0.15, 0.2) is 12.4 Å². The summed E-state index contributed by atoms with van der Waals surface area (Å²) >= 11 is 0. The lowest BCUT2D eigenvalue weighted by Crippen LogP contribution is -2.57. The molecule has 1 aromatic heterocycles. The number of nitrogens with zero attached hydrogens (tertiary/aromatic N) is 4. The second-order valence-electron chi connectivity index (χ2n) is 9.04. The molecule has 0 spiro atoms. The van der Waals surface area contributed by atoms with Crippen LogP contribution in [-0.2, 0) is 10.2 Å². The number of nitrogens with two attached hydrogens (primary N) is 1. The highest BCUT2D eigenvalue weighted by atomic mass is 32.2. The fourth-order valence-electron chi connectivity index (χ4n) is 5.13. The van der Waals surface area contributed by atoms with Crippen LogP contribution < -0.4 is 11.1 Å². The number of piperidine rings is 2. The number of fused-ring (bicyclic) bond motifs is 2. The van der Waals surface area contributed by atoms with Crippen LogP contribution in [0.2, 0.25) is 0 Å². The van der Waals surface area contributed by atoms with Gasteiger partial charge in [0.05, 0.1) is 17.8 Å². The summed E-state index contributed by atoms with van der Waals surface area (Å²) in [6.45, 7) is 1.01. The zero-order valence-electron chi connectivity index (χ0n) is 16.6. The van der Waals surface area contributed by atoms with E-state index in [2.05, 4.69) is 10.4 Å². The van der Waals surface area contributed by atoms with Gasteiger partial charge >= 0.3 is 0 Å². The van der Waals surface area contributed by atoms with E-state index in [0.29, 0.717) is 37.5 Å². The number of aromatic nitrogens is 2. The van der Waals surface area contributed by atoms with Gasteiger partial charge in [-0.1, -0.05) is 0 Å². The Morgan fingerprint density at radius 2 is 1.66 bits per heavy atom. The van der Waals surface area contributed by atoms with Gasteiger partial charge in [0.25, 0.3) is 16.1 Å². The Kier molecular flexibility index (Phi) is 4.92. The molecular formula is C19H30N6O3S. The Labute approximate surface area is 171 Å². The van der Waals surface area contributed by atoms with Gasteiger partial charge < -0.3 is 11.1 Å². The third kappa shape index (κ3) is 3.71. The van der Waals surface area contributed by atoms with Crippen molar-refractivity contribution in [2.45, 2.75) is 81.6 Å². The molecule has 29 heavy (non-hydrogen) atoms. The normalized spacial score (nSPS) is 31.8. The summed E-state index contributed by atoms with van der Waals surface area (Å²) in [5.74, 6) is -0.109. The molecule has 3 N–H and O–H groups in total. The van der Waals surface area contributed by atoms with Gasteiger partial charge in [-0.15, -0.1) is 0 Å². The van der Waals surface area contributed by atoms with Crippen LogP contribution in [-0.4, -0.2) is 70.0 Å². The number of rotatable bonds is 5. The Morgan fingerprint density at radius 3 is 2.28 bits per heavy atom. The predicted octanol–water partition coefficient (Wildman–Crippen LogP) is 0.611. The van der Waals surface area contributed by atoms with E-state index < -0.39 is 10.2 Å². The van der Waals surface area contributed by atoms with Gasteiger partial charge in [-0.05, 0) is 51.4 Å². The van der Waals surface area contributed by atoms with Gasteiger partial charge in [-0.3, -0.25) is 9.48 Å². The van der Waals surface area contributed by atoms with Crippen molar-refractivity contribution in [1.29, 1.82) is 0 Å². The summed E-state index contributed by atoms with van der Waals surface area (Å²) in [6.07, 6.45) is 10.2. The molecule has 0 aromatic carbocycles. The molecule has 2 unspecified atom stereocenters. The second kappa shape index (κ2) is 7.33. The lowest BCUT2D eigenvalue weighted by Gasteiger charge is -2.41. The quantitative estimate of drug-likeness (QED) is 0.722. The average Bonchev–Trinajstić information content (AvgIpc) is 3.34. The van der Waals surface area contributed by atoms with E-state index in [9.17, 15) is 13.2 Å². The number of nitrogens with one attached hydrogen (secondary N) is 1. The van der Waals surface area contributed by atoms with Crippen LogP contribution >= 0.6 is 0 Å². The maximum absolute atomic E-state index is 13.2. The molecule has 4 aliphatic rings. The smallest absolute Gasteiger partial charge is 0.282 e. The van der Waals surface area contributed by atoms with Gasteiger partial charge in [0.2, 0.25) is 0 Å². The molecule has 5 rings (SSSR count). The van der Waals surface area contributed by atoms with Crippen molar-refractivity contribution in [2.24, 2.45) is 5.73 Å². The van der Waals surface area contributed by atoms with Crippen molar-refractivity contribution in [2.75, 3.05) is 13.1 Å². The summed E-state index contributed by atoms with van der Waals surface area (Å²) in [5.41, 5.74) is 6.53. The molecule has 4 heterocycles. The Hall–Kier alpha value is -1.49. The maximum Gasteiger partial charge on any atom is 0.282 e. The highest BCUT2D eigenvalue weighted by molar-refractivity contribution is 7.86. The predicted molar refractivity (Wildman–Crippen MR) is 107 cm³/mol. The molecule has 0 radical (unpaired) electrons. The summed E-state index contributed by atoms with van der Waals surface area (Å²) < 4.78 is 31.7. The van der Waals surface area contributed by atoms with Crippen LogP contribution in [0.3, 0.4) is 0 Å². The zero-order valence-corrected chi connectivity index (χ0v) is 17.4. The highest BCUT2D eigenvalue weighted by Crippen LogP contribution is 2.39. The lowest BCUT2D eigenvalue weighted by molar-refractivity contribution is 0.0906. The number of carbonyl (C=O) groups is 1. The fourth-order valence-corrected chi connectivity index (χ4v) is 7.21. The molecule has 3 aliphatic heterocycles. The summed E-state index contributed by atoms with van der Waals surface area (Å²) in [5, 5.41) is 7.41. The first-order valence-corrected chi connectivity index (χ1v) is 12.2. The van der Waals surface area contributed by atoms with E-state index in [0.717, 1.165) is 38.5 Å². The van der Waals surface area contributed by atoms with Crippen molar-refractivity contribution in [3.05, 3.63) is 18.0 Å². The molecule has 3 saturated heterocycles. The van der Waals surface area contributed by atoms with Crippen LogP contribution in [0.25, 0.3) is 0 Å². The number of carbonyl (C=O) groups excluding carboxylic acids is 1. The van der Waals surface area contributed by atoms with E-state index in [1.807, 2.05) is 10.9 Å². The highest BCUT2D eigenvalue weighted by Gasteiger charge is 2.49. The van der Waals surface area contributed by atoms with Crippen LogP contribution in [0, 0.1) is 0 Å². The minimum atomic E-state index is -3.46. The third-order valence-corrected chi connectivity index (χ3v) is 9.02. The van der Waals surface area contributed by atoms with Crippen molar-refractivity contribution in [1.82, 2.24) is 23.7 Å².